The molecule has 2 aromatic carbocycles. The summed E-state index contributed by atoms with van der Waals surface area (Å²) in [4.78, 5) is 12.4. The lowest BCUT2D eigenvalue weighted by Crippen LogP contribution is -2.19. The van der Waals surface area contributed by atoms with E-state index in [0.29, 0.717) is 22.0 Å². The summed E-state index contributed by atoms with van der Waals surface area (Å²) in [6.07, 6.45) is 0. The Labute approximate surface area is 158 Å². The molecule has 0 aliphatic rings. The first-order valence-corrected chi connectivity index (χ1v) is 8.01. The number of ether oxygens (including phenoxy) is 1. The molecular formula is C17H14ClN5O4. The Balaban J connectivity index is 1.81. The zero-order valence-electron chi connectivity index (χ0n) is 14.0. The lowest BCUT2D eigenvalue weighted by Gasteiger charge is -2.08. The number of nitrogens with zero attached hydrogens (tertiary/aromatic N) is 3. The summed E-state index contributed by atoms with van der Waals surface area (Å²) in [5.41, 5.74) is 0.894. The number of halogens is 1. The van der Waals surface area contributed by atoms with E-state index in [1.165, 1.54) is 7.11 Å². The van der Waals surface area contributed by atoms with Crippen LogP contribution in [0.1, 0.15) is 16.1 Å². The molecule has 27 heavy (non-hydrogen) atoms. The molecule has 138 valence electrons. The van der Waals surface area contributed by atoms with Crippen LogP contribution in [0.15, 0.2) is 58.3 Å². The first kappa shape index (κ1) is 18.2. The van der Waals surface area contributed by atoms with Gasteiger partial charge in [-0.15, -0.1) is 0 Å². The van der Waals surface area contributed by atoms with Crippen LogP contribution in [0.4, 0.5) is 11.5 Å². The second-order valence-corrected chi connectivity index (χ2v) is 5.67. The SMILES string of the molecule is COc1cccc(C(=O)Nc2nonc2/C(=N\O)Nc2cccc(Cl)c2)c1. The van der Waals surface area contributed by atoms with Crippen molar-refractivity contribution >= 4 is 34.8 Å². The van der Waals surface area contributed by atoms with Crippen LogP contribution in [-0.4, -0.2) is 34.4 Å². The Morgan fingerprint density at radius 3 is 2.74 bits per heavy atom. The van der Waals surface area contributed by atoms with E-state index in [1.54, 1.807) is 48.5 Å². The number of amidine groups is 1. The van der Waals surface area contributed by atoms with Crippen LogP contribution >= 0.6 is 11.6 Å². The van der Waals surface area contributed by atoms with Crippen LogP contribution in [0.5, 0.6) is 5.75 Å². The number of hydrogen-bond acceptors (Lipinski definition) is 7. The van der Waals surface area contributed by atoms with Gasteiger partial charge in [0.15, 0.2) is 5.69 Å². The van der Waals surface area contributed by atoms with Gasteiger partial charge in [0.1, 0.15) is 5.75 Å². The highest BCUT2D eigenvalue weighted by Gasteiger charge is 2.20. The minimum absolute atomic E-state index is 0.00808. The van der Waals surface area contributed by atoms with E-state index in [-0.39, 0.29) is 17.3 Å². The third-order valence-corrected chi connectivity index (χ3v) is 3.70. The fourth-order valence-electron chi connectivity index (χ4n) is 2.20. The molecular weight excluding hydrogens is 374 g/mol. The smallest absolute Gasteiger partial charge is 0.257 e. The Morgan fingerprint density at radius 2 is 2.00 bits per heavy atom. The molecule has 0 radical (unpaired) electrons. The van der Waals surface area contributed by atoms with Gasteiger partial charge in [-0.3, -0.25) is 4.79 Å². The van der Waals surface area contributed by atoms with Crippen molar-refractivity contribution in [3.63, 3.8) is 0 Å². The zero-order chi connectivity index (χ0) is 19.2. The highest BCUT2D eigenvalue weighted by Crippen LogP contribution is 2.19. The number of rotatable bonds is 5. The number of nitrogens with one attached hydrogen (secondary N) is 2. The van der Waals surface area contributed by atoms with Gasteiger partial charge in [0.25, 0.3) is 5.91 Å². The molecule has 3 aromatic rings. The fraction of sp³-hybridized carbons (Fsp3) is 0.0588. The fourth-order valence-corrected chi connectivity index (χ4v) is 2.39. The molecule has 0 saturated heterocycles. The maximum absolute atomic E-state index is 12.4. The van der Waals surface area contributed by atoms with Crippen molar-refractivity contribution in [3.8, 4) is 5.75 Å². The summed E-state index contributed by atoms with van der Waals surface area (Å²) in [6.45, 7) is 0. The van der Waals surface area contributed by atoms with E-state index in [4.69, 9.17) is 16.3 Å². The van der Waals surface area contributed by atoms with Gasteiger partial charge in [-0.1, -0.05) is 28.9 Å². The highest BCUT2D eigenvalue weighted by atomic mass is 35.5. The molecule has 1 heterocycles. The van der Waals surface area contributed by atoms with Crippen LogP contribution < -0.4 is 15.4 Å². The summed E-state index contributed by atoms with van der Waals surface area (Å²) < 4.78 is 9.77. The van der Waals surface area contributed by atoms with E-state index in [0.717, 1.165) is 0 Å². The normalized spacial score (nSPS) is 11.1. The number of carbonyl (C=O) groups is 1. The number of aromatic nitrogens is 2. The lowest BCUT2D eigenvalue weighted by molar-refractivity contribution is 0.102. The van der Waals surface area contributed by atoms with E-state index < -0.39 is 5.91 Å². The van der Waals surface area contributed by atoms with Gasteiger partial charge in [-0.25, -0.2) is 4.63 Å². The number of anilines is 2. The predicted molar refractivity (Wildman–Crippen MR) is 98.6 cm³/mol. The molecule has 0 saturated carbocycles. The molecule has 0 bridgehead atoms. The molecule has 3 rings (SSSR count). The van der Waals surface area contributed by atoms with Crippen LogP contribution in [0.3, 0.4) is 0 Å². The van der Waals surface area contributed by atoms with Crippen molar-refractivity contribution in [1.29, 1.82) is 0 Å². The van der Waals surface area contributed by atoms with Gasteiger partial charge in [-0.2, -0.15) is 0 Å². The molecule has 3 N–H and O–H groups in total. The van der Waals surface area contributed by atoms with Gasteiger partial charge < -0.3 is 20.6 Å². The molecule has 10 heteroatoms. The largest absolute Gasteiger partial charge is 0.497 e. The van der Waals surface area contributed by atoms with Gasteiger partial charge in [-0.05, 0) is 46.7 Å². The number of hydrogen-bond donors (Lipinski definition) is 3. The standard InChI is InChI=1S/C17H14ClN5O4/c1-26-13-7-2-4-10(8-13)17(24)20-16-14(22-27-23-16)15(21-25)19-12-6-3-5-11(18)9-12/h2-9,25H,1H3,(H,19,21)(H,20,23,24). The monoisotopic (exact) mass is 387 g/mol. The highest BCUT2D eigenvalue weighted by molar-refractivity contribution is 6.31. The maximum atomic E-state index is 12.4. The molecule has 1 amide bonds. The molecule has 0 aliphatic heterocycles. The van der Waals surface area contributed by atoms with Crippen LogP contribution in [0, 0.1) is 0 Å². The number of amides is 1. The molecule has 9 nitrogen and oxygen atoms in total. The molecule has 0 aliphatic carbocycles. The minimum atomic E-state index is -0.467. The second kappa shape index (κ2) is 8.19. The van der Waals surface area contributed by atoms with Gasteiger partial charge in [0, 0.05) is 16.3 Å². The van der Waals surface area contributed by atoms with Crippen molar-refractivity contribution in [3.05, 3.63) is 64.8 Å². The number of oxime groups is 1. The number of methoxy groups -OCH3 is 1. The van der Waals surface area contributed by atoms with Crippen molar-refractivity contribution in [1.82, 2.24) is 10.3 Å². The minimum Gasteiger partial charge on any atom is -0.497 e. The first-order valence-electron chi connectivity index (χ1n) is 7.63. The average molecular weight is 388 g/mol. The van der Waals surface area contributed by atoms with E-state index in [9.17, 15) is 10.0 Å². The Bertz CT molecular complexity index is 989. The Hall–Kier alpha value is -3.59. The van der Waals surface area contributed by atoms with E-state index >= 15 is 0 Å². The lowest BCUT2D eigenvalue weighted by atomic mass is 10.2. The third-order valence-electron chi connectivity index (χ3n) is 3.46. The molecule has 1 aromatic heterocycles. The van der Waals surface area contributed by atoms with Crippen molar-refractivity contribution in [2.75, 3.05) is 17.7 Å². The van der Waals surface area contributed by atoms with Crippen molar-refractivity contribution in [2.45, 2.75) is 0 Å². The van der Waals surface area contributed by atoms with Crippen LogP contribution in [0.25, 0.3) is 0 Å². The van der Waals surface area contributed by atoms with Crippen LogP contribution in [-0.2, 0) is 0 Å². The summed E-state index contributed by atoms with van der Waals surface area (Å²) in [5.74, 6) is -0.0445. The molecule has 0 unspecified atom stereocenters. The summed E-state index contributed by atoms with van der Waals surface area (Å²) >= 11 is 5.93. The molecule has 0 spiro atoms. The second-order valence-electron chi connectivity index (χ2n) is 5.23. The molecule has 0 fully saturated rings. The maximum Gasteiger partial charge on any atom is 0.257 e. The summed E-state index contributed by atoms with van der Waals surface area (Å²) in [7, 11) is 1.50. The van der Waals surface area contributed by atoms with Crippen LogP contribution in [0.2, 0.25) is 5.02 Å². The Kier molecular flexibility index (Phi) is 5.53. The number of carbonyl (C=O) groups excluding carboxylic acids is 1. The third kappa shape index (κ3) is 4.33. The van der Waals surface area contributed by atoms with E-state index in [1.807, 2.05) is 0 Å². The van der Waals surface area contributed by atoms with Crippen molar-refractivity contribution < 1.29 is 19.4 Å². The van der Waals surface area contributed by atoms with E-state index in [2.05, 4.69) is 30.7 Å². The van der Waals surface area contributed by atoms with Crippen molar-refractivity contribution in [2.24, 2.45) is 5.16 Å². The zero-order valence-corrected chi connectivity index (χ0v) is 14.8. The topological polar surface area (TPSA) is 122 Å². The number of benzene rings is 2. The predicted octanol–water partition coefficient (Wildman–Crippen LogP) is 3.23. The van der Waals surface area contributed by atoms with Gasteiger partial charge in [0.05, 0.1) is 7.11 Å². The first-order chi connectivity index (χ1) is 13.1. The van der Waals surface area contributed by atoms with Gasteiger partial charge in [0.2, 0.25) is 11.7 Å². The Morgan fingerprint density at radius 1 is 1.19 bits per heavy atom. The quantitative estimate of drug-likeness (QED) is 0.266. The summed E-state index contributed by atoms with van der Waals surface area (Å²) in [5, 5.41) is 25.7. The van der Waals surface area contributed by atoms with Gasteiger partial charge >= 0.3 is 0 Å². The molecule has 0 atom stereocenters. The summed E-state index contributed by atoms with van der Waals surface area (Å²) in [6, 6.07) is 13.3. The average Bonchev–Trinajstić information content (AvgIpc) is 3.14.